The number of benzene rings is 1. The Labute approximate surface area is 92.3 Å². The number of ether oxygens (including phenoxy) is 1. The lowest BCUT2D eigenvalue weighted by atomic mass is 10.2. The van der Waals surface area contributed by atoms with Crippen LogP contribution >= 0.6 is 11.6 Å². The molecule has 0 aliphatic carbocycles. The van der Waals surface area contributed by atoms with Gasteiger partial charge in [-0.2, -0.15) is 0 Å². The van der Waals surface area contributed by atoms with Gasteiger partial charge in [-0.05, 0) is 31.6 Å². The third kappa shape index (κ3) is 3.51. The van der Waals surface area contributed by atoms with Crippen molar-refractivity contribution in [3.8, 4) is 0 Å². The average molecular weight is 233 g/mol. The van der Waals surface area contributed by atoms with E-state index in [0.29, 0.717) is 0 Å². The van der Waals surface area contributed by atoms with Gasteiger partial charge in [-0.1, -0.05) is 11.6 Å². The number of rotatable bonds is 3. The van der Waals surface area contributed by atoms with E-state index in [1.54, 1.807) is 0 Å². The van der Waals surface area contributed by atoms with E-state index in [2.05, 4.69) is 0 Å². The van der Waals surface area contributed by atoms with Crippen LogP contribution in [0.2, 0.25) is 5.02 Å². The summed E-state index contributed by atoms with van der Waals surface area (Å²) < 4.78 is 31.2. The zero-order valence-corrected chi connectivity index (χ0v) is 9.24. The highest BCUT2D eigenvalue weighted by Crippen LogP contribution is 2.19. The zero-order valence-electron chi connectivity index (χ0n) is 8.48. The molecule has 0 amide bonds. The fourth-order valence-corrected chi connectivity index (χ4v) is 1.12. The number of allylic oxidation sites excluding steroid dienone is 1. The molecular formula is C11H11ClF2O. The molecule has 0 saturated heterocycles. The molecule has 0 aliphatic rings. The van der Waals surface area contributed by atoms with Gasteiger partial charge in [0.1, 0.15) is 18.2 Å². The quantitative estimate of drug-likeness (QED) is 0.564. The zero-order chi connectivity index (χ0) is 11.4. The summed E-state index contributed by atoms with van der Waals surface area (Å²) >= 11 is 5.40. The largest absolute Gasteiger partial charge is 0.496 e. The van der Waals surface area contributed by atoms with E-state index in [4.69, 9.17) is 16.3 Å². The molecule has 0 bridgehead atoms. The SMILES string of the molecule is CC(C)=COCc1cc(F)c(Cl)cc1F. The minimum Gasteiger partial charge on any atom is -0.496 e. The minimum absolute atomic E-state index is 0.00883. The molecule has 82 valence electrons. The third-order valence-corrected chi connectivity index (χ3v) is 1.94. The molecule has 0 spiro atoms. The molecule has 0 N–H and O–H groups in total. The molecule has 0 aromatic heterocycles. The van der Waals surface area contributed by atoms with Crippen LogP contribution in [0, 0.1) is 11.6 Å². The maximum absolute atomic E-state index is 13.2. The molecule has 1 rings (SSSR count). The van der Waals surface area contributed by atoms with Gasteiger partial charge < -0.3 is 4.74 Å². The summed E-state index contributed by atoms with van der Waals surface area (Å²) in [5, 5.41) is -0.224. The summed E-state index contributed by atoms with van der Waals surface area (Å²) in [6.07, 6.45) is 1.49. The second-order valence-electron chi connectivity index (χ2n) is 3.36. The van der Waals surface area contributed by atoms with E-state index in [9.17, 15) is 8.78 Å². The summed E-state index contributed by atoms with van der Waals surface area (Å²) in [5.41, 5.74) is 1.10. The predicted octanol–water partition coefficient (Wildman–Crippen LogP) is 4.06. The van der Waals surface area contributed by atoms with Crippen LogP contribution in [0.4, 0.5) is 8.78 Å². The maximum atomic E-state index is 13.2. The highest BCUT2D eigenvalue weighted by Gasteiger charge is 2.08. The molecule has 1 aromatic carbocycles. The third-order valence-electron chi connectivity index (χ3n) is 1.65. The molecule has 0 atom stereocenters. The molecule has 4 heteroatoms. The fraction of sp³-hybridized carbons (Fsp3) is 0.273. The Morgan fingerprint density at radius 3 is 2.60 bits per heavy atom. The summed E-state index contributed by atoms with van der Waals surface area (Å²) in [4.78, 5) is 0. The summed E-state index contributed by atoms with van der Waals surface area (Å²) in [5.74, 6) is -1.21. The van der Waals surface area contributed by atoms with Crippen LogP contribution in [0.5, 0.6) is 0 Å². The molecule has 0 heterocycles. The Bertz CT molecular complexity index is 384. The van der Waals surface area contributed by atoms with Gasteiger partial charge in [-0.15, -0.1) is 0 Å². The van der Waals surface area contributed by atoms with Gasteiger partial charge in [-0.3, -0.25) is 0 Å². The first-order valence-electron chi connectivity index (χ1n) is 4.39. The van der Waals surface area contributed by atoms with Gasteiger partial charge in [0.05, 0.1) is 11.3 Å². The monoisotopic (exact) mass is 232 g/mol. The van der Waals surface area contributed by atoms with Crippen LogP contribution in [0.1, 0.15) is 19.4 Å². The van der Waals surface area contributed by atoms with Gasteiger partial charge >= 0.3 is 0 Å². The van der Waals surface area contributed by atoms with E-state index < -0.39 is 11.6 Å². The normalized spacial score (nSPS) is 9.93. The second kappa shape index (κ2) is 5.12. The van der Waals surface area contributed by atoms with Crippen molar-refractivity contribution in [1.82, 2.24) is 0 Å². The van der Waals surface area contributed by atoms with Crippen LogP contribution in [-0.2, 0) is 11.3 Å². The number of hydrogen-bond donors (Lipinski definition) is 0. The van der Waals surface area contributed by atoms with Crippen LogP contribution in [0.15, 0.2) is 24.0 Å². The van der Waals surface area contributed by atoms with Gasteiger partial charge in [0.15, 0.2) is 0 Å². The highest BCUT2D eigenvalue weighted by molar-refractivity contribution is 6.30. The van der Waals surface area contributed by atoms with Crippen molar-refractivity contribution in [2.45, 2.75) is 20.5 Å². The molecule has 0 radical (unpaired) electrons. The van der Waals surface area contributed by atoms with E-state index in [1.165, 1.54) is 6.26 Å². The highest BCUT2D eigenvalue weighted by atomic mass is 35.5. The fourth-order valence-electron chi connectivity index (χ4n) is 0.972. The van der Waals surface area contributed by atoms with E-state index in [-0.39, 0.29) is 17.2 Å². The van der Waals surface area contributed by atoms with E-state index in [1.807, 2.05) is 13.8 Å². The minimum atomic E-state index is -0.645. The van der Waals surface area contributed by atoms with Crippen molar-refractivity contribution in [3.05, 3.63) is 46.2 Å². The summed E-state index contributed by atoms with van der Waals surface area (Å²) in [6.45, 7) is 3.68. The smallest absolute Gasteiger partial charge is 0.142 e. The molecule has 0 unspecified atom stereocenters. The first kappa shape index (κ1) is 12.0. The molecular weight excluding hydrogens is 222 g/mol. The number of hydrogen-bond acceptors (Lipinski definition) is 1. The van der Waals surface area contributed by atoms with Crippen molar-refractivity contribution in [2.24, 2.45) is 0 Å². The Morgan fingerprint density at radius 2 is 2.00 bits per heavy atom. The molecule has 0 aliphatic heterocycles. The first-order valence-corrected chi connectivity index (χ1v) is 4.77. The van der Waals surface area contributed by atoms with Gasteiger partial charge in [-0.25, -0.2) is 8.78 Å². The standard InChI is InChI=1S/C11H11ClF2O/c1-7(2)5-15-6-8-3-11(14)9(12)4-10(8)13/h3-5H,6H2,1-2H3. The average Bonchev–Trinajstić information content (AvgIpc) is 2.13. The summed E-state index contributed by atoms with van der Waals surface area (Å²) in [6, 6.07) is 1.98. The topological polar surface area (TPSA) is 9.23 Å². The van der Waals surface area contributed by atoms with Crippen LogP contribution in [0.25, 0.3) is 0 Å². The van der Waals surface area contributed by atoms with E-state index >= 15 is 0 Å². The summed E-state index contributed by atoms with van der Waals surface area (Å²) in [7, 11) is 0. The van der Waals surface area contributed by atoms with E-state index in [0.717, 1.165) is 17.7 Å². The molecule has 0 fully saturated rings. The molecule has 15 heavy (non-hydrogen) atoms. The lowest BCUT2D eigenvalue weighted by Gasteiger charge is -2.04. The van der Waals surface area contributed by atoms with Gasteiger partial charge in [0.25, 0.3) is 0 Å². The second-order valence-corrected chi connectivity index (χ2v) is 3.77. The molecule has 0 saturated carbocycles. The van der Waals surface area contributed by atoms with Crippen molar-refractivity contribution in [1.29, 1.82) is 0 Å². The van der Waals surface area contributed by atoms with Crippen LogP contribution in [-0.4, -0.2) is 0 Å². The Balaban J connectivity index is 2.77. The van der Waals surface area contributed by atoms with Crippen LogP contribution < -0.4 is 0 Å². The Hall–Kier alpha value is -1.09. The van der Waals surface area contributed by atoms with Crippen LogP contribution in [0.3, 0.4) is 0 Å². The lowest BCUT2D eigenvalue weighted by Crippen LogP contribution is -1.94. The van der Waals surface area contributed by atoms with Crippen molar-refractivity contribution < 1.29 is 13.5 Å². The van der Waals surface area contributed by atoms with Crippen molar-refractivity contribution >= 4 is 11.6 Å². The first-order chi connectivity index (χ1) is 7.00. The molecule has 1 nitrogen and oxygen atoms in total. The predicted molar refractivity (Wildman–Crippen MR) is 55.6 cm³/mol. The molecule has 1 aromatic rings. The maximum Gasteiger partial charge on any atom is 0.142 e. The Morgan fingerprint density at radius 1 is 1.33 bits per heavy atom. The van der Waals surface area contributed by atoms with Gasteiger partial charge in [0, 0.05) is 5.56 Å². The lowest BCUT2D eigenvalue weighted by molar-refractivity contribution is 0.228. The van der Waals surface area contributed by atoms with Crippen molar-refractivity contribution in [3.63, 3.8) is 0 Å². The van der Waals surface area contributed by atoms with Gasteiger partial charge in [0.2, 0.25) is 0 Å². The Kier molecular flexibility index (Phi) is 4.09. The number of halogens is 3. The van der Waals surface area contributed by atoms with Crippen molar-refractivity contribution in [2.75, 3.05) is 0 Å².